The molecule has 1 amide bonds. The van der Waals surface area contributed by atoms with E-state index in [0.29, 0.717) is 12.8 Å². The summed E-state index contributed by atoms with van der Waals surface area (Å²) in [7, 11) is -3.99. The zero-order valence-corrected chi connectivity index (χ0v) is 21.7. The van der Waals surface area contributed by atoms with E-state index >= 15 is 0 Å². The number of hydrogen-bond acceptors (Lipinski definition) is 5. The van der Waals surface area contributed by atoms with E-state index in [1.165, 1.54) is 29.4 Å². The Morgan fingerprint density at radius 1 is 1.16 bits per heavy atom. The van der Waals surface area contributed by atoms with Crippen molar-refractivity contribution in [2.24, 2.45) is 5.92 Å². The molecule has 0 radical (unpaired) electrons. The Labute approximate surface area is 215 Å². The molecule has 196 valence electrons. The van der Waals surface area contributed by atoms with Crippen LogP contribution >= 0.6 is 0 Å². The number of sulfonamides is 1. The summed E-state index contributed by atoms with van der Waals surface area (Å²) in [5.74, 6) is -1.98. The maximum atomic E-state index is 14.0. The van der Waals surface area contributed by atoms with Crippen molar-refractivity contribution >= 4 is 33.8 Å². The standard InChI is InChI=1S/C27H29F2N3O4S/c1-4-19-7-5-6-17(2)25(19)30-27(33)21-12-14-32(15-13-21)37(34,35)26-18(3)31-36-24(26)11-9-20-8-10-22(28)16-23(20)29/h5-11,16,21H,4,12-15H2,1-3H3,(H,30,33). The number of nitrogens with one attached hydrogen (secondary N) is 1. The third-order valence-corrected chi connectivity index (χ3v) is 8.68. The van der Waals surface area contributed by atoms with E-state index in [2.05, 4.69) is 10.5 Å². The van der Waals surface area contributed by atoms with Crippen molar-refractivity contribution in [1.29, 1.82) is 0 Å². The van der Waals surface area contributed by atoms with Crippen molar-refractivity contribution in [2.45, 2.75) is 44.9 Å². The van der Waals surface area contributed by atoms with E-state index in [1.54, 1.807) is 0 Å². The van der Waals surface area contributed by atoms with E-state index in [-0.39, 0.29) is 46.8 Å². The highest BCUT2D eigenvalue weighted by atomic mass is 32.2. The molecule has 1 N–H and O–H groups in total. The highest BCUT2D eigenvalue weighted by Gasteiger charge is 2.36. The van der Waals surface area contributed by atoms with Gasteiger partial charge in [0.2, 0.25) is 15.9 Å². The number of carbonyl (C=O) groups excluding carboxylic acids is 1. The third kappa shape index (κ3) is 5.65. The van der Waals surface area contributed by atoms with Crippen LogP contribution in [0.15, 0.2) is 45.8 Å². The Bertz CT molecular complexity index is 1440. The summed E-state index contributed by atoms with van der Waals surface area (Å²) in [6.45, 7) is 5.81. The van der Waals surface area contributed by atoms with Crippen LogP contribution in [-0.4, -0.2) is 36.9 Å². The van der Waals surface area contributed by atoms with Gasteiger partial charge in [0.1, 0.15) is 17.3 Å². The molecule has 0 unspecified atom stereocenters. The van der Waals surface area contributed by atoms with Gasteiger partial charge in [-0.1, -0.05) is 30.3 Å². The number of benzene rings is 2. The molecule has 2 heterocycles. The molecular weight excluding hydrogens is 500 g/mol. The maximum absolute atomic E-state index is 14.0. The van der Waals surface area contributed by atoms with Gasteiger partial charge in [0.25, 0.3) is 0 Å². The van der Waals surface area contributed by atoms with Crippen molar-refractivity contribution in [2.75, 3.05) is 18.4 Å². The van der Waals surface area contributed by atoms with Crippen LogP contribution in [0.5, 0.6) is 0 Å². The minimum Gasteiger partial charge on any atom is -0.355 e. The summed E-state index contributed by atoms with van der Waals surface area (Å²) in [4.78, 5) is 12.9. The second-order valence-corrected chi connectivity index (χ2v) is 11.0. The molecule has 1 saturated heterocycles. The summed E-state index contributed by atoms with van der Waals surface area (Å²) in [5, 5.41) is 6.84. The number of para-hydroxylation sites is 1. The molecule has 10 heteroatoms. The molecule has 0 bridgehead atoms. The number of carbonyl (C=O) groups is 1. The first kappa shape index (κ1) is 26.7. The number of halogens is 2. The number of nitrogens with zero attached hydrogens (tertiary/aromatic N) is 2. The van der Waals surface area contributed by atoms with Crippen LogP contribution < -0.4 is 5.32 Å². The van der Waals surface area contributed by atoms with Crippen LogP contribution in [0.25, 0.3) is 12.2 Å². The molecule has 0 spiro atoms. The molecule has 0 aliphatic carbocycles. The Kier molecular flexibility index (Phi) is 7.89. The molecular formula is C27H29F2N3O4S. The SMILES string of the molecule is CCc1cccc(C)c1NC(=O)C1CCN(S(=O)(=O)c2c(C)noc2C=Cc2ccc(F)cc2F)CC1. The van der Waals surface area contributed by atoms with Crippen molar-refractivity contribution in [3.63, 3.8) is 0 Å². The van der Waals surface area contributed by atoms with E-state index in [1.807, 2.05) is 32.0 Å². The normalized spacial score (nSPS) is 15.4. The predicted octanol–water partition coefficient (Wildman–Crippen LogP) is 5.34. The second-order valence-electron chi connectivity index (χ2n) is 9.09. The van der Waals surface area contributed by atoms with E-state index in [4.69, 9.17) is 4.52 Å². The van der Waals surface area contributed by atoms with Gasteiger partial charge in [-0.25, -0.2) is 17.2 Å². The average Bonchev–Trinajstić information content (AvgIpc) is 3.25. The molecule has 0 saturated carbocycles. The van der Waals surface area contributed by atoms with Crippen LogP contribution in [0.3, 0.4) is 0 Å². The maximum Gasteiger partial charge on any atom is 0.248 e. The van der Waals surface area contributed by atoms with Gasteiger partial charge in [-0.05, 0) is 68.5 Å². The van der Waals surface area contributed by atoms with Crippen molar-refractivity contribution in [1.82, 2.24) is 9.46 Å². The summed E-state index contributed by atoms with van der Waals surface area (Å²) in [6.07, 6.45) is 4.14. The van der Waals surface area contributed by atoms with Crippen LogP contribution in [0.2, 0.25) is 0 Å². The smallest absolute Gasteiger partial charge is 0.248 e. The van der Waals surface area contributed by atoms with Crippen LogP contribution in [0.4, 0.5) is 14.5 Å². The Balaban J connectivity index is 1.47. The second kappa shape index (κ2) is 10.9. The molecule has 37 heavy (non-hydrogen) atoms. The quantitative estimate of drug-likeness (QED) is 0.446. The highest BCUT2D eigenvalue weighted by Crippen LogP contribution is 2.30. The molecule has 4 rings (SSSR count). The Hall–Kier alpha value is -3.37. The van der Waals surface area contributed by atoms with Gasteiger partial charge in [0.05, 0.1) is 0 Å². The number of piperidine rings is 1. The summed E-state index contributed by atoms with van der Waals surface area (Å²) >= 11 is 0. The number of rotatable bonds is 7. The Morgan fingerprint density at radius 2 is 1.89 bits per heavy atom. The van der Waals surface area contributed by atoms with E-state index in [0.717, 1.165) is 35.4 Å². The molecule has 1 aliphatic heterocycles. The summed E-state index contributed by atoms with van der Waals surface area (Å²) in [5.41, 5.74) is 3.10. The predicted molar refractivity (Wildman–Crippen MR) is 137 cm³/mol. The number of anilines is 1. The molecule has 0 atom stereocenters. The minimum absolute atomic E-state index is 0.0484. The molecule has 2 aromatic carbocycles. The average molecular weight is 530 g/mol. The van der Waals surface area contributed by atoms with Crippen molar-refractivity contribution in [3.8, 4) is 0 Å². The minimum atomic E-state index is -3.99. The van der Waals surface area contributed by atoms with Crippen LogP contribution in [0.1, 0.15) is 47.9 Å². The number of aromatic nitrogens is 1. The van der Waals surface area contributed by atoms with Crippen molar-refractivity contribution in [3.05, 3.63) is 76.2 Å². The van der Waals surface area contributed by atoms with Crippen LogP contribution in [0, 0.1) is 31.4 Å². The first-order chi connectivity index (χ1) is 17.6. The topological polar surface area (TPSA) is 92.5 Å². The first-order valence-corrected chi connectivity index (χ1v) is 13.5. The first-order valence-electron chi connectivity index (χ1n) is 12.1. The largest absolute Gasteiger partial charge is 0.355 e. The van der Waals surface area contributed by atoms with Crippen LogP contribution in [-0.2, 0) is 21.2 Å². The highest BCUT2D eigenvalue weighted by molar-refractivity contribution is 7.89. The molecule has 1 aromatic heterocycles. The molecule has 1 fully saturated rings. The van der Waals surface area contributed by atoms with Crippen molar-refractivity contribution < 1.29 is 26.5 Å². The third-order valence-electron chi connectivity index (χ3n) is 6.62. The van der Waals surface area contributed by atoms with Gasteiger partial charge in [-0.2, -0.15) is 4.31 Å². The van der Waals surface area contributed by atoms with Gasteiger partial charge >= 0.3 is 0 Å². The van der Waals surface area contributed by atoms with Gasteiger partial charge < -0.3 is 9.84 Å². The lowest BCUT2D eigenvalue weighted by Gasteiger charge is -2.30. The number of hydrogen-bond donors (Lipinski definition) is 1. The lowest BCUT2D eigenvalue weighted by Crippen LogP contribution is -2.41. The summed E-state index contributed by atoms with van der Waals surface area (Å²) < 4.78 is 60.7. The summed E-state index contributed by atoms with van der Waals surface area (Å²) in [6, 6.07) is 8.98. The van der Waals surface area contributed by atoms with E-state index < -0.39 is 21.7 Å². The fourth-order valence-corrected chi connectivity index (χ4v) is 6.24. The monoisotopic (exact) mass is 529 g/mol. The number of aryl methyl sites for hydroxylation is 3. The lowest BCUT2D eigenvalue weighted by molar-refractivity contribution is -0.120. The molecule has 1 aliphatic rings. The zero-order chi connectivity index (χ0) is 26.7. The van der Waals surface area contributed by atoms with Gasteiger partial charge in [0.15, 0.2) is 10.7 Å². The van der Waals surface area contributed by atoms with Gasteiger partial charge in [-0.3, -0.25) is 4.79 Å². The molecule has 7 nitrogen and oxygen atoms in total. The number of amides is 1. The molecule has 3 aromatic rings. The Morgan fingerprint density at radius 3 is 2.57 bits per heavy atom. The van der Waals surface area contributed by atoms with E-state index in [9.17, 15) is 22.0 Å². The lowest BCUT2D eigenvalue weighted by atomic mass is 9.96. The fourth-order valence-electron chi connectivity index (χ4n) is 4.52. The fraction of sp³-hybridized carbons (Fsp3) is 0.333. The van der Waals surface area contributed by atoms with Gasteiger partial charge in [0, 0.05) is 36.3 Å². The van der Waals surface area contributed by atoms with Gasteiger partial charge in [-0.15, -0.1) is 0 Å². The zero-order valence-electron chi connectivity index (χ0n) is 20.9.